The van der Waals surface area contributed by atoms with Gasteiger partial charge in [-0.3, -0.25) is 48.5 Å². The van der Waals surface area contributed by atoms with E-state index in [2.05, 4.69) is 45.1 Å². The Morgan fingerprint density at radius 1 is 0.833 bits per heavy atom. The molecule has 6 aromatic rings. The number of aromatic nitrogens is 6. The van der Waals surface area contributed by atoms with Crippen LogP contribution in [0.1, 0.15) is 142 Å². The number of nitrogens with zero attached hydrogens (tertiary/aromatic N) is 8. The number of thioether (sulfide) groups is 1. The number of imide groups is 1. The highest BCUT2D eigenvalue weighted by Gasteiger charge is 2.66. The average molecular weight is 1440 g/mol. The van der Waals surface area contributed by atoms with E-state index in [4.69, 9.17) is 24.3 Å². The highest BCUT2D eigenvalue weighted by atomic mass is 32.2. The number of hydrogen-bond acceptors (Lipinski definition) is 22. The van der Waals surface area contributed by atoms with Crippen molar-refractivity contribution >= 4 is 103 Å². The number of likely N-dealkylation sites (tertiary alicyclic amines) is 1. The monoisotopic (exact) mass is 1440 g/mol. The minimum atomic E-state index is -1.91. The van der Waals surface area contributed by atoms with E-state index in [0.717, 1.165) is 59.3 Å². The van der Waals surface area contributed by atoms with Crippen LogP contribution in [0.3, 0.4) is 0 Å². The molecular formula is C71H86N12O17S2. The van der Waals surface area contributed by atoms with E-state index >= 15 is 0 Å². The number of ether oxygens (including phenoxy) is 3. The molecule has 6 amide bonds. The lowest BCUT2D eigenvalue weighted by molar-refractivity contribution is -0.248. The molecule has 31 heteroatoms. The van der Waals surface area contributed by atoms with Crippen molar-refractivity contribution in [1.82, 2.24) is 44.8 Å². The third-order valence-corrected chi connectivity index (χ3v) is 22.7. The number of amides is 6. The molecule has 4 bridgehead atoms. The summed E-state index contributed by atoms with van der Waals surface area (Å²) in [4.78, 5) is 134. The second-order valence-electron chi connectivity index (χ2n) is 29.4. The number of carboxylic acids is 2. The van der Waals surface area contributed by atoms with Gasteiger partial charge in [0.2, 0.25) is 29.5 Å². The predicted octanol–water partition coefficient (Wildman–Crippen LogP) is 5.63. The lowest BCUT2D eigenvalue weighted by atomic mass is 9.39. The fourth-order valence-corrected chi connectivity index (χ4v) is 18.6. The highest BCUT2D eigenvalue weighted by Crippen LogP contribution is 2.72. The third kappa shape index (κ3) is 15.3. The number of aliphatic hydroxyl groups is 3. The Kier molecular flexibility index (Phi) is 20.9. The summed E-state index contributed by atoms with van der Waals surface area (Å²) in [5.41, 5.74) is 3.88. The van der Waals surface area contributed by atoms with Crippen LogP contribution in [0.2, 0.25) is 0 Å². The van der Waals surface area contributed by atoms with Crippen molar-refractivity contribution in [2.75, 3.05) is 41.5 Å². The summed E-state index contributed by atoms with van der Waals surface area (Å²) < 4.78 is 23.3. The first-order valence-electron chi connectivity index (χ1n) is 34.3. The Morgan fingerprint density at radius 2 is 1.59 bits per heavy atom. The summed E-state index contributed by atoms with van der Waals surface area (Å²) in [6.07, 6.45) is 2.19. The van der Waals surface area contributed by atoms with E-state index in [-0.39, 0.29) is 78.8 Å². The molecule has 0 spiro atoms. The molecule has 6 fully saturated rings. The number of anilines is 3. The van der Waals surface area contributed by atoms with Gasteiger partial charge in [0.1, 0.15) is 49.4 Å². The number of para-hydroxylation sites is 1. The zero-order valence-electron chi connectivity index (χ0n) is 57.8. The summed E-state index contributed by atoms with van der Waals surface area (Å²) in [6, 6.07) is 13.6. The van der Waals surface area contributed by atoms with Crippen LogP contribution in [0.4, 0.5) is 16.6 Å². The molecule has 102 heavy (non-hydrogen) atoms. The van der Waals surface area contributed by atoms with Crippen molar-refractivity contribution < 1.29 is 82.9 Å². The van der Waals surface area contributed by atoms with E-state index in [1.165, 1.54) is 30.0 Å². The Hall–Kier alpha value is -8.72. The maximum atomic E-state index is 13.7. The number of esters is 1. The number of fused-ring (bicyclic) bond motifs is 2. The Labute approximate surface area is 595 Å². The van der Waals surface area contributed by atoms with Crippen LogP contribution in [0.25, 0.3) is 21.3 Å². The van der Waals surface area contributed by atoms with Crippen molar-refractivity contribution in [1.29, 1.82) is 0 Å². The summed E-state index contributed by atoms with van der Waals surface area (Å²) in [5, 5.41) is 67.9. The number of rotatable bonds is 27. The van der Waals surface area contributed by atoms with Crippen LogP contribution < -0.4 is 26.2 Å². The van der Waals surface area contributed by atoms with Gasteiger partial charge in [0.05, 0.1) is 51.9 Å². The molecule has 4 aromatic heterocycles. The van der Waals surface area contributed by atoms with Crippen LogP contribution in [0.5, 0.6) is 0 Å². The SMILES string of the molecule is CSC1CC(=O)N(CC(=O)N[C@H](C(=O)N[C@@H](C)C(=O)Nc2ccc(COC(=O)CCCOC34CC5(C)CC(C)(CC(Cn6ncc(-c7ccc(N8CCn9cnc(C(=O)Nc%10nc%11ccccc%11s%10)c9C8)nc7C(=O)O)c6C)(C5)C3)C4)c(CC[C@@H]3OC(C(=O)O)[C@@H](O)[C@H](O)[C@H]3O)c2)C(C)C)C1=O. The van der Waals surface area contributed by atoms with Crippen LogP contribution >= 0.6 is 23.1 Å². The Morgan fingerprint density at radius 3 is 2.29 bits per heavy atom. The number of aromatic carboxylic acids is 1. The molecule has 7 heterocycles. The second kappa shape index (κ2) is 29.2. The summed E-state index contributed by atoms with van der Waals surface area (Å²) >= 11 is 2.57. The van der Waals surface area contributed by atoms with E-state index in [1.807, 2.05) is 45.3 Å². The van der Waals surface area contributed by atoms with E-state index in [0.29, 0.717) is 65.0 Å². The molecule has 7 aliphatic rings. The lowest BCUT2D eigenvalue weighted by Gasteiger charge is -2.69. The number of benzene rings is 2. The topological polar surface area (TPSA) is 398 Å². The fourth-order valence-electron chi connectivity index (χ4n) is 17.1. The zero-order chi connectivity index (χ0) is 72.9. The van der Waals surface area contributed by atoms with Crippen molar-refractivity contribution in [3.05, 3.63) is 101 Å². The van der Waals surface area contributed by atoms with Crippen molar-refractivity contribution in [3.63, 3.8) is 0 Å². The molecule has 4 saturated carbocycles. The smallest absolute Gasteiger partial charge is 0.355 e. The van der Waals surface area contributed by atoms with Crippen LogP contribution in [0.15, 0.2) is 67.1 Å². The number of carboxylic acid groups (broad SMARTS) is 2. The third-order valence-electron chi connectivity index (χ3n) is 20.8. The van der Waals surface area contributed by atoms with Gasteiger partial charge in [0.15, 0.2) is 22.6 Å². The molecule has 2 aromatic carbocycles. The first kappa shape index (κ1) is 73.0. The van der Waals surface area contributed by atoms with Crippen LogP contribution in [-0.2, 0) is 80.4 Å². The lowest BCUT2D eigenvalue weighted by Crippen LogP contribution is -2.64. The molecule has 544 valence electrons. The zero-order valence-corrected chi connectivity index (χ0v) is 59.4. The molecule has 4 unspecified atom stereocenters. The number of carbonyl (C=O) groups excluding carboxylic acids is 7. The highest BCUT2D eigenvalue weighted by molar-refractivity contribution is 8.00. The van der Waals surface area contributed by atoms with Gasteiger partial charge in [-0.1, -0.05) is 57.2 Å². The van der Waals surface area contributed by atoms with Gasteiger partial charge in [0, 0.05) is 61.6 Å². The molecule has 29 nitrogen and oxygen atoms in total. The van der Waals surface area contributed by atoms with Gasteiger partial charge < -0.3 is 65.2 Å². The van der Waals surface area contributed by atoms with Crippen molar-refractivity contribution in [2.45, 2.75) is 192 Å². The van der Waals surface area contributed by atoms with Crippen molar-refractivity contribution in [2.24, 2.45) is 22.2 Å². The molecule has 4 aliphatic carbocycles. The van der Waals surface area contributed by atoms with E-state index in [9.17, 15) is 68.7 Å². The molecule has 10 atom stereocenters. The van der Waals surface area contributed by atoms with Gasteiger partial charge in [-0.05, 0) is 148 Å². The number of pyridine rings is 1. The number of nitrogens with one attached hydrogen (secondary N) is 4. The number of carbonyl (C=O) groups is 9. The Balaban J connectivity index is 0.669. The standard InChI is InChI=1S/C71H86N12O17S2/c1-37(2)54(78-51(84)27-82-52(85)24-49(101-7)64(82)93)62(91)74-38(3)61(90)75-42-16-14-41(40(23-42)15-18-47-57(87)58(88)59(89)60(100-47)66(96)97)28-98-53(86)13-10-22-99-71-32-68(5)29-69(6,33-71)31-70(30-68,34-71)35-83-39(4)44(25-73-83)43-17-19-50(77-55(43)65(94)95)80-20-21-81-36-72-56(46(81)26-80)63(92)79-67-76-45-11-8-9-12-48(45)102-67/h8-9,11-12,14,16-17,19,23,25,36-38,47,49,54,57-60,87-89H,10,13,15,18,20-22,24,26-35H2,1-7H3,(H,74,91)(H,75,90)(H,78,84)(H,94,95)(H,96,97)(H,76,79,92)/t38-,47-,49?,54-,57-,58+,59-,60?,68?,69?,70?,71?/m0/s1. The van der Waals surface area contributed by atoms with Crippen LogP contribution in [-0.4, -0.2) is 192 Å². The molecule has 9 N–H and O–H groups in total. The van der Waals surface area contributed by atoms with E-state index < -0.39 is 119 Å². The molecule has 0 radical (unpaired) electrons. The summed E-state index contributed by atoms with van der Waals surface area (Å²) in [6.45, 7) is 12.7. The largest absolute Gasteiger partial charge is 0.479 e. The van der Waals surface area contributed by atoms with E-state index in [1.54, 1.807) is 63.0 Å². The second-order valence-corrected chi connectivity index (χ2v) is 31.5. The van der Waals surface area contributed by atoms with Crippen molar-refractivity contribution in [3.8, 4) is 11.1 Å². The number of aliphatic hydroxyl groups excluding tert-OH is 3. The minimum absolute atomic E-state index is 0.0126. The average Bonchev–Trinajstić information content (AvgIpc) is 0.804. The normalized spacial score (nSPS) is 26.4. The quantitative estimate of drug-likeness (QED) is 0.0171. The fraction of sp³-hybridized carbons (Fsp3) is 0.535. The maximum Gasteiger partial charge on any atom is 0.355 e. The number of thiazole rings is 1. The first-order chi connectivity index (χ1) is 48.4. The number of hydrogen-bond donors (Lipinski definition) is 9. The Bertz CT molecular complexity index is 4240. The molecule has 13 rings (SSSR count). The molecule has 3 aliphatic heterocycles. The molecule has 2 saturated heterocycles. The summed E-state index contributed by atoms with van der Waals surface area (Å²) in [5.74, 6) is -6.76. The summed E-state index contributed by atoms with van der Waals surface area (Å²) in [7, 11) is 0. The predicted molar refractivity (Wildman–Crippen MR) is 373 cm³/mol. The number of aryl methyl sites for hydroxylation is 1. The number of aliphatic carboxylic acids is 1. The van der Waals surface area contributed by atoms with Gasteiger partial charge in [-0.15, -0.1) is 0 Å². The van der Waals surface area contributed by atoms with Gasteiger partial charge in [-0.25, -0.2) is 24.5 Å². The van der Waals surface area contributed by atoms with Gasteiger partial charge in [-0.2, -0.15) is 16.9 Å². The van der Waals surface area contributed by atoms with Gasteiger partial charge in [0.25, 0.3) is 5.91 Å². The van der Waals surface area contributed by atoms with Gasteiger partial charge >= 0.3 is 17.9 Å². The number of imidazole rings is 1. The maximum absolute atomic E-state index is 13.7. The first-order valence-corrected chi connectivity index (χ1v) is 36.4. The van der Waals surface area contributed by atoms with Crippen LogP contribution in [0, 0.1) is 29.1 Å². The minimum Gasteiger partial charge on any atom is -0.479 e. The molecular weight excluding hydrogens is 1360 g/mol.